The van der Waals surface area contributed by atoms with Crippen LogP contribution in [0.1, 0.15) is 46.7 Å². The van der Waals surface area contributed by atoms with Gasteiger partial charge in [0.25, 0.3) is 0 Å². The zero-order valence-corrected chi connectivity index (χ0v) is 20.3. The molecule has 0 aliphatic rings. The van der Waals surface area contributed by atoms with E-state index in [1.807, 2.05) is 25.1 Å². The number of fused-ring (bicyclic) bond motifs is 1. The van der Waals surface area contributed by atoms with Crippen molar-refractivity contribution in [3.05, 3.63) is 130 Å². The van der Waals surface area contributed by atoms with E-state index in [1.165, 1.54) is 29.8 Å². The zero-order valence-electron chi connectivity index (χ0n) is 20.3. The first kappa shape index (κ1) is 25.8. The van der Waals surface area contributed by atoms with Gasteiger partial charge in [-0.15, -0.1) is 0 Å². The van der Waals surface area contributed by atoms with Crippen molar-refractivity contribution in [1.82, 2.24) is 0 Å². The summed E-state index contributed by atoms with van der Waals surface area (Å²) < 4.78 is 52.6. The molecule has 0 aromatic heterocycles. The lowest BCUT2D eigenvalue weighted by Gasteiger charge is -2.05. The Hall–Kier alpha value is -4.28. The summed E-state index contributed by atoms with van der Waals surface area (Å²) in [6.07, 6.45) is 0.959. The summed E-state index contributed by atoms with van der Waals surface area (Å²) >= 11 is 0. The summed E-state index contributed by atoms with van der Waals surface area (Å²) in [5, 5.41) is 1.15. The topological polar surface area (TPSA) is 0 Å². The molecule has 4 aromatic rings. The molecule has 0 saturated carbocycles. The van der Waals surface area contributed by atoms with E-state index >= 15 is 4.39 Å². The summed E-state index contributed by atoms with van der Waals surface area (Å²) in [6.45, 7) is 2.02. The highest BCUT2D eigenvalue weighted by atomic mass is 19.4. The highest BCUT2D eigenvalue weighted by Gasteiger charge is 2.27. The van der Waals surface area contributed by atoms with E-state index in [0.717, 1.165) is 24.0 Å². The molecule has 0 radical (unpaired) electrons. The number of rotatable bonds is 4. The van der Waals surface area contributed by atoms with Crippen LogP contribution in [-0.4, -0.2) is 6.18 Å². The molecule has 0 amide bonds. The maximum Gasteiger partial charge on any atom is 0.393 e. The third-order valence-corrected chi connectivity index (χ3v) is 5.79. The molecule has 0 aliphatic heterocycles. The van der Waals surface area contributed by atoms with Crippen molar-refractivity contribution in [2.24, 2.45) is 0 Å². The Bertz CT molecular complexity index is 1530. The first-order valence-corrected chi connectivity index (χ1v) is 11.9. The highest BCUT2D eigenvalue weighted by molar-refractivity contribution is 5.86. The fraction of sp³-hybridized carbons (Fsp3) is 0.152. The summed E-state index contributed by atoms with van der Waals surface area (Å²) in [4.78, 5) is 0. The number of alkyl halides is 3. The Labute approximate surface area is 214 Å². The fourth-order valence-corrected chi connectivity index (χ4v) is 3.86. The summed E-state index contributed by atoms with van der Waals surface area (Å²) in [6, 6.07) is 22.7. The van der Waals surface area contributed by atoms with E-state index in [9.17, 15) is 13.2 Å². The second kappa shape index (κ2) is 11.6. The van der Waals surface area contributed by atoms with Crippen LogP contribution in [0.4, 0.5) is 17.6 Å². The average molecular weight is 497 g/mol. The molecule has 0 bridgehead atoms. The lowest BCUT2D eigenvalue weighted by atomic mass is 10.0. The Kier molecular flexibility index (Phi) is 8.11. The standard InChI is InChI=1S/C33H24F4/c1-2-3-4-5-24-6-8-25(9-7-24)10-13-27-17-21-31-30(22-27)20-19-29(32(31)34)18-16-26-11-14-28(15-12-26)23-33(35,36)37/h2-3,6-9,11-12,14-15,17,19-22H,4-5,23H2,1H3/b3-2+. The predicted molar refractivity (Wildman–Crippen MR) is 142 cm³/mol. The number of hydrogen-bond donors (Lipinski definition) is 0. The van der Waals surface area contributed by atoms with Gasteiger partial charge in [-0.3, -0.25) is 0 Å². The largest absolute Gasteiger partial charge is 0.393 e. The van der Waals surface area contributed by atoms with Gasteiger partial charge < -0.3 is 0 Å². The molecule has 4 heteroatoms. The minimum absolute atomic E-state index is 0.158. The first-order valence-electron chi connectivity index (χ1n) is 11.9. The van der Waals surface area contributed by atoms with Crippen LogP contribution < -0.4 is 0 Å². The Morgan fingerprint density at radius 1 is 0.703 bits per heavy atom. The number of benzene rings is 4. The zero-order chi connectivity index (χ0) is 26.3. The van der Waals surface area contributed by atoms with Gasteiger partial charge in [-0.25, -0.2) is 4.39 Å². The normalized spacial score (nSPS) is 11.2. The molecule has 0 spiro atoms. The van der Waals surface area contributed by atoms with E-state index in [-0.39, 0.29) is 11.1 Å². The van der Waals surface area contributed by atoms with Crippen molar-refractivity contribution in [1.29, 1.82) is 0 Å². The number of allylic oxidation sites excluding steroid dienone is 2. The summed E-state index contributed by atoms with van der Waals surface area (Å²) in [5.74, 6) is 11.5. The van der Waals surface area contributed by atoms with E-state index in [4.69, 9.17) is 0 Å². The van der Waals surface area contributed by atoms with Crippen molar-refractivity contribution in [2.75, 3.05) is 0 Å². The molecule has 184 valence electrons. The smallest absolute Gasteiger partial charge is 0.205 e. The number of hydrogen-bond acceptors (Lipinski definition) is 0. The molecule has 4 rings (SSSR count). The molecular formula is C33H24F4. The molecule has 0 atom stereocenters. The van der Waals surface area contributed by atoms with Gasteiger partial charge in [-0.1, -0.05) is 72.2 Å². The lowest BCUT2D eigenvalue weighted by molar-refractivity contribution is -0.127. The van der Waals surface area contributed by atoms with Gasteiger partial charge >= 0.3 is 6.18 Å². The first-order chi connectivity index (χ1) is 17.8. The van der Waals surface area contributed by atoms with Gasteiger partial charge in [0.15, 0.2) is 0 Å². The lowest BCUT2D eigenvalue weighted by Crippen LogP contribution is -2.11. The van der Waals surface area contributed by atoms with Crippen molar-refractivity contribution < 1.29 is 17.6 Å². The van der Waals surface area contributed by atoms with Crippen molar-refractivity contribution >= 4 is 10.8 Å². The van der Waals surface area contributed by atoms with Crippen LogP contribution in [0.3, 0.4) is 0 Å². The molecule has 0 fully saturated rings. The van der Waals surface area contributed by atoms with E-state index in [0.29, 0.717) is 16.3 Å². The van der Waals surface area contributed by atoms with E-state index in [2.05, 4.69) is 48.0 Å². The van der Waals surface area contributed by atoms with Crippen LogP contribution in [0.2, 0.25) is 0 Å². The summed E-state index contributed by atoms with van der Waals surface area (Å²) in [7, 11) is 0. The van der Waals surface area contributed by atoms with Crippen molar-refractivity contribution in [2.45, 2.75) is 32.4 Å². The average Bonchev–Trinajstić information content (AvgIpc) is 2.88. The SMILES string of the molecule is C/C=C/CCc1ccc(C#Cc2ccc3c(F)c(C#Cc4ccc(CC(F)(F)F)cc4)ccc3c2)cc1. The molecule has 0 N–H and O–H groups in total. The van der Waals surface area contributed by atoms with Crippen LogP contribution in [0.15, 0.2) is 91.0 Å². The Balaban J connectivity index is 1.48. The van der Waals surface area contributed by atoms with Crippen molar-refractivity contribution in [3.8, 4) is 23.7 Å². The molecule has 0 aliphatic carbocycles. The number of aryl methyl sites for hydroxylation is 1. The van der Waals surface area contributed by atoms with E-state index < -0.39 is 18.4 Å². The maximum absolute atomic E-state index is 15.1. The van der Waals surface area contributed by atoms with Gasteiger partial charge in [0.1, 0.15) is 5.82 Å². The Morgan fingerprint density at radius 3 is 1.95 bits per heavy atom. The molecular weight excluding hydrogens is 472 g/mol. The van der Waals surface area contributed by atoms with Crippen LogP contribution >= 0.6 is 0 Å². The van der Waals surface area contributed by atoms with Crippen molar-refractivity contribution in [3.63, 3.8) is 0 Å². The predicted octanol–water partition coefficient (Wildman–Crippen LogP) is 8.39. The van der Waals surface area contributed by atoms with Gasteiger partial charge in [0, 0.05) is 22.1 Å². The minimum Gasteiger partial charge on any atom is -0.205 e. The van der Waals surface area contributed by atoms with Gasteiger partial charge in [-0.05, 0) is 78.7 Å². The second-order valence-corrected chi connectivity index (χ2v) is 8.66. The van der Waals surface area contributed by atoms with Crippen LogP contribution in [-0.2, 0) is 12.8 Å². The minimum atomic E-state index is -4.26. The molecule has 0 saturated heterocycles. The fourth-order valence-electron chi connectivity index (χ4n) is 3.86. The molecule has 37 heavy (non-hydrogen) atoms. The maximum atomic E-state index is 15.1. The van der Waals surface area contributed by atoms with Crippen LogP contribution in [0.5, 0.6) is 0 Å². The van der Waals surface area contributed by atoms with Crippen LogP contribution in [0, 0.1) is 29.5 Å². The molecule has 0 nitrogen and oxygen atoms in total. The molecule has 0 unspecified atom stereocenters. The third kappa shape index (κ3) is 7.35. The summed E-state index contributed by atoms with van der Waals surface area (Å²) in [5.41, 5.74) is 3.86. The van der Waals surface area contributed by atoms with Gasteiger partial charge in [-0.2, -0.15) is 13.2 Å². The molecule has 0 heterocycles. The second-order valence-electron chi connectivity index (χ2n) is 8.66. The van der Waals surface area contributed by atoms with Gasteiger partial charge in [0.05, 0.1) is 12.0 Å². The monoisotopic (exact) mass is 496 g/mol. The third-order valence-electron chi connectivity index (χ3n) is 5.79. The number of halogens is 4. The quantitative estimate of drug-likeness (QED) is 0.151. The van der Waals surface area contributed by atoms with Gasteiger partial charge in [0.2, 0.25) is 0 Å². The Morgan fingerprint density at radius 2 is 1.30 bits per heavy atom. The highest BCUT2D eigenvalue weighted by Crippen LogP contribution is 2.23. The van der Waals surface area contributed by atoms with Crippen LogP contribution in [0.25, 0.3) is 10.8 Å². The molecule has 4 aromatic carbocycles. The van der Waals surface area contributed by atoms with E-state index in [1.54, 1.807) is 24.3 Å².